The van der Waals surface area contributed by atoms with Crippen LogP contribution in [0, 0.1) is 0 Å². The maximum absolute atomic E-state index is 6.07. The highest BCUT2D eigenvalue weighted by Crippen LogP contribution is 2.28. The fraction of sp³-hybridized carbons (Fsp3) is 0.538. The average molecular weight is 220 g/mol. The standard InChI is InChI=1S/C13H20N2O/c1-15-8-4-6-11(15)9-10-5-3-7-12(16-2)13(10)14/h3,5,7,11H,4,6,8-9,14H2,1-2H3. The summed E-state index contributed by atoms with van der Waals surface area (Å²) in [7, 11) is 3.85. The van der Waals surface area contributed by atoms with Crippen LogP contribution in [0.1, 0.15) is 18.4 Å². The SMILES string of the molecule is COc1cccc(CC2CCCN2C)c1N. The van der Waals surface area contributed by atoms with Gasteiger partial charge in [-0.2, -0.15) is 0 Å². The molecule has 0 saturated carbocycles. The van der Waals surface area contributed by atoms with Crippen LogP contribution >= 0.6 is 0 Å². The lowest BCUT2D eigenvalue weighted by Crippen LogP contribution is -2.27. The summed E-state index contributed by atoms with van der Waals surface area (Å²) in [6.07, 6.45) is 3.59. The van der Waals surface area contributed by atoms with E-state index in [1.54, 1.807) is 7.11 Å². The summed E-state index contributed by atoms with van der Waals surface area (Å²) >= 11 is 0. The van der Waals surface area contributed by atoms with Gasteiger partial charge in [0, 0.05) is 6.04 Å². The van der Waals surface area contributed by atoms with Gasteiger partial charge in [0.25, 0.3) is 0 Å². The molecule has 0 bridgehead atoms. The second kappa shape index (κ2) is 4.74. The second-order valence-electron chi connectivity index (χ2n) is 4.51. The number of nitrogen functional groups attached to an aromatic ring is 1. The first-order valence-corrected chi connectivity index (χ1v) is 5.84. The number of nitrogens with zero attached hydrogens (tertiary/aromatic N) is 1. The van der Waals surface area contributed by atoms with Gasteiger partial charge >= 0.3 is 0 Å². The third-order valence-corrected chi connectivity index (χ3v) is 3.50. The Labute approximate surface area is 97.2 Å². The predicted octanol–water partition coefficient (Wildman–Crippen LogP) is 1.91. The third-order valence-electron chi connectivity index (χ3n) is 3.50. The van der Waals surface area contributed by atoms with Crippen LogP contribution in [-0.4, -0.2) is 31.6 Å². The van der Waals surface area contributed by atoms with Crippen LogP contribution in [-0.2, 0) is 6.42 Å². The van der Waals surface area contributed by atoms with Gasteiger partial charge in [0.15, 0.2) is 0 Å². The number of methoxy groups -OCH3 is 1. The molecular weight excluding hydrogens is 200 g/mol. The third kappa shape index (κ3) is 2.14. The van der Waals surface area contributed by atoms with Crippen LogP contribution < -0.4 is 10.5 Å². The number of rotatable bonds is 3. The van der Waals surface area contributed by atoms with Crippen LogP contribution in [0.5, 0.6) is 5.75 Å². The quantitative estimate of drug-likeness (QED) is 0.791. The van der Waals surface area contributed by atoms with Crippen molar-refractivity contribution in [2.45, 2.75) is 25.3 Å². The molecule has 3 nitrogen and oxygen atoms in total. The normalized spacial score (nSPS) is 21.2. The topological polar surface area (TPSA) is 38.5 Å². The van der Waals surface area contributed by atoms with Crippen molar-refractivity contribution in [1.82, 2.24) is 4.90 Å². The minimum Gasteiger partial charge on any atom is -0.495 e. The molecule has 0 radical (unpaired) electrons. The van der Waals surface area contributed by atoms with Crippen molar-refractivity contribution in [2.24, 2.45) is 0 Å². The fourth-order valence-corrected chi connectivity index (χ4v) is 2.44. The first-order chi connectivity index (χ1) is 7.72. The Bertz CT molecular complexity index is 365. The predicted molar refractivity (Wildman–Crippen MR) is 66.8 cm³/mol. The van der Waals surface area contributed by atoms with E-state index < -0.39 is 0 Å². The summed E-state index contributed by atoms with van der Waals surface area (Å²) in [4.78, 5) is 2.42. The maximum atomic E-state index is 6.07. The van der Waals surface area contributed by atoms with Crippen molar-refractivity contribution >= 4 is 5.69 Å². The van der Waals surface area contributed by atoms with Crippen molar-refractivity contribution in [3.05, 3.63) is 23.8 Å². The largest absolute Gasteiger partial charge is 0.495 e. The lowest BCUT2D eigenvalue weighted by atomic mass is 10.0. The van der Waals surface area contributed by atoms with E-state index in [4.69, 9.17) is 10.5 Å². The zero-order valence-corrected chi connectivity index (χ0v) is 10.1. The Balaban J connectivity index is 2.14. The van der Waals surface area contributed by atoms with E-state index in [2.05, 4.69) is 18.0 Å². The van der Waals surface area contributed by atoms with Gasteiger partial charge in [0.1, 0.15) is 5.75 Å². The number of hydrogen-bond donors (Lipinski definition) is 1. The van der Waals surface area contributed by atoms with E-state index in [0.29, 0.717) is 6.04 Å². The summed E-state index contributed by atoms with van der Waals surface area (Å²) in [5.74, 6) is 0.790. The lowest BCUT2D eigenvalue weighted by molar-refractivity contribution is 0.309. The van der Waals surface area contributed by atoms with Gasteiger partial charge in [-0.05, 0) is 44.5 Å². The Morgan fingerprint density at radius 1 is 1.50 bits per heavy atom. The number of benzene rings is 1. The molecule has 2 N–H and O–H groups in total. The molecule has 1 aliphatic heterocycles. The van der Waals surface area contributed by atoms with Crippen LogP contribution in [0.25, 0.3) is 0 Å². The number of nitrogens with two attached hydrogens (primary N) is 1. The van der Waals surface area contributed by atoms with Gasteiger partial charge in [0.05, 0.1) is 12.8 Å². The van der Waals surface area contributed by atoms with Crippen molar-refractivity contribution in [2.75, 3.05) is 26.4 Å². The highest BCUT2D eigenvalue weighted by atomic mass is 16.5. The molecule has 1 heterocycles. The molecule has 1 fully saturated rings. The van der Waals surface area contributed by atoms with E-state index in [1.807, 2.05) is 12.1 Å². The molecule has 1 aromatic rings. The zero-order chi connectivity index (χ0) is 11.5. The molecule has 16 heavy (non-hydrogen) atoms. The molecule has 0 amide bonds. The van der Waals surface area contributed by atoms with Crippen molar-refractivity contribution < 1.29 is 4.74 Å². The highest BCUT2D eigenvalue weighted by molar-refractivity contribution is 5.58. The molecule has 88 valence electrons. The summed E-state index contributed by atoms with van der Waals surface area (Å²) < 4.78 is 5.24. The van der Waals surface area contributed by atoms with Gasteiger partial charge in [0.2, 0.25) is 0 Å². The van der Waals surface area contributed by atoms with E-state index in [-0.39, 0.29) is 0 Å². The maximum Gasteiger partial charge on any atom is 0.142 e. The zero-order valence-electron chi connectivity index (χ0n) is 10.1. The van der Waals surface area contributed by atoms with Crippen LogP contribution in [0.2, 0.25) is 0 Å². The van der Waals surface area contributed by atoms with Crippen LogP contribution in [0.4, 0.5) is 5.69 Å². The first-order valence-electron chi connectivity index (χ1n) is 5.84. The van der Waals surface area contributed by atoms with Crippen LogP contribution in [0.15, 0.2) is 18.2 Å². The van der Waals surface area contributed by atoms with Crippen molar-refractivity contribution in [1.29, 1.82) is 0 Å². The summed E-state index contributed by atoms with van der Waals surface area (Å²) in [6.45, 7) is 1.20. The molecular formula is C13H20N2O. The molecule has 0 aliphatic carbocycles. The van der Waals surface area contributed by atoms with Gasteiger partial charge in [-0.3, -0.25) is 0 Å². The molecule has 1 aromatic carbocycles. The number of para-hydroxylation sites is 1. The van der Waals surface area contributed by atoms with E-state index in [1.165, 1.54) is 24.9 Å². The molecule has 1 atom stereocenters. The van der Waals surface area contributed by atoms with E-state index in [9.17, 15) is 0 Å². The Hall–Kier alpha value is -1.22. The summed E-state index contributed by atoms with van der Waals surface area (Å²) in [6, 6.07) is 6.66. The van der Waals surface area contributed by atoms with Crippen LogP contribution in [0.3, 0.4) is 0 Å². The Kier molecular flexibility index (Phi) is 3.34. The second-order valence-corrected chi connectivity index (χ2v) is 4.51. The summed E-state index contributed by atoms with van der Waals surface area (Å²) in [5.41, 5.74) is 8.08. The number of likely N-dealkylation sites (N-methyl/N-ethyl adjacent to an activating group) is 1. The van der Waals surface area contributed by atoms with Crippen molar-refractivity contribution in [3.63, 3.8) is 0 Å². The molecule has 0 aromatic heterocycles. The monoisotopic (exact) mass is 220 g/mol. The number of likely N-dealkylation sites (tertiary alicyclic amines) is 1. The molecule has 2 rings (SSSR count). The smallest absolute Gasteiger partial charge is 0.142 e. The Morgan fingerprint density at radius 3 is 2.94 bits per heavy atom. The van der Waals surface area contributed by atoms with E-state index in [0.717, 1.165) is 17.9 Å². The lowest BCUT2D eigenvalue weighted by Gasteiger charge is -2.20. The average Bonchev–Trinajstić information content (AvgIpc) is 2.68. The van der Waals surface area contributed by atoms with Gasteiger partial charge in [-0.1, -0.05) is 12.1 Å². The first kappa shape index (κ1) is 11.3. The van der Waals surface area contributed by atoms with Gasteiger partial charge < -0.3 is 15.4 Å². The molecule has 1 aliphatic rings. The molecule has 0 spiro atoms. The van der Waals surface area contributed by atoms with E-state index >= 15 is 0 Å². The minimum atomic E-state index is 0.634. The summed E-state index contributed by atoms with van der Waals surface area (Å²) in [5, 5.41) is 0. The van der Waals surface area contributed by atoms with Gasteiger partial charge in [-0.25, -0.2) is 0 Å². The fourth-order valence-electron chi connectivity index (χ4n) is 2.44. The molecule has 1 saturated heterocycles. The number of ether oxygens (including phenoxy) is 1. The number of hydrogen-bond acceptors (Lipinski definition) is 3. The Morgan fingerprint density at radius 2 is 2.31 bits per heavy atom. The van der Waals surface area contributed by atoms with Crippen molar-refractivity contribution in [3.8, 4) is 5.75 Å². The minimum absolute atomic E-state index is 0.634. The highest BCUT2D eigenvalue weighted by Gasteiger charge is 2.22. The van der Waals surface area contributed by atoms with Gasteiger partial charge in [-0.15, -0.1) is 0 Å². The molecule has 3 heteroatoms. The molecule has 1 unspecified atom stereocenters. The number of anilines is 1.